The van der Waals surface area contributed by atoms with Crippen LogP contribution < -0.4 is 0 Å². The quantitative estimate of drug-likeness (QED) is 0.160. The highest BCUT2D eigenvalue weighted by Gasteiger charge is 2.20. The molecule has 11 rings (SSSR count). The molecule has 0 bridgehead atoms. The van der Waals surface area contributed by atoms with Gasteiger partial charge in [0.05, 0.1) is 33.6 Å². The standard InChI is InChI=1S/C53H34N4/c1-5-16-35(17-6-1)38-22-15-23-39(32-38)45-34-46(56-53(55-45)37-20-9-3-10-21-37)40-28-29-42-43-30-31-49-50(51(43)52(54-47(42)33-40)36-18-7-2-8-19-36)44-26-13-14-27-48(44)57(49)41-24-11-4-12-25-41/h1-34H. The van der Waals surface area contributed by atoms with Crippen molar-refractivity contribution < 1.29 is 0 Å². The molecule has 266 valence electrons. The van der Waals surface area contributed by atoms with Crippen molar-refractivity contribution in [2.75, 3.05) is 0 Å². The molecule has 0 fully saturated rings. The van der Waals surface area contributed by atoms with E-state index in [1.54, 1.807) is 0 Å². The number of pyridine rings is 1. The van der Waals surface area contributed by atoms with E-state index in [4.69, 9.17) is 15.0 Å². The van der Waals surface area contributed by atoms with Gasteiger partial charge in [-0.15, -0.1) is 0 Å². The Labute approximate surface area is 330 Å². The molecule has 0 amide bonds. The molecule has 0 aliphatic heterocycles. The maximum absolute atomic E-state index is 5.55. The van der Waals surface area contributed by atoms with Gasteiger partial charge >= 0.3 is 0 Å². The van der Waals surface area contributed by atoms with Crippen molar-refractivity contribution in [3.63, 3.8) is 0 Å². The first-order chi connectivity index (χ1) is 28.3. The summed E-state index contributed by atoms with van der Waals surface area (Å²) in [4.78, 5) is 15.9. The van der Waals surface area contributed by atoms with Gasteiger partial charge in [0.15, 0.2) is 5.82 Å². The van der Waals surface area contributed by atoms with Gasteiger partial charge in [0, 0.05) is 49.5 Å². The van der Waals surface area contributed by atoms with Crippen LogP contribution in [0, 0.1) is 0 Å². The first-order valence-corrected chi connectivity index (χ1v) is 19.3. The van der Waals surface area contributed by atoms with Crippen LogP contribution in [0.15, 0.2) is 206 Å². The van der Waals surface area contributed by atoms with Crippen LogP contribution in [0.5, 0.6) is 0 Å². The Morgan fingerprint density at radius 3 is 1.63 bits per heavy atom. The molecule has 3 aromatic heterocycles. The van der Waals surface area contributed by atoms with E-state index >= 15 is 0 Å². The second-order valence-electron chi connectivity index (χ2n) is 14.4. The fourth-order valence-corrected chi connectivity index (χ4v) is 8.33. The minimum atomic E-state index is 0.682. The molecule has 3 heterocycles. The highest BCUT2D eigenvalue weighted by Crippen LogP contribution is 2.43. The van der Waals surface area contributed by atoms with Crippen LogP contribution in [-0.4, -0.2) is 19.5 Å². The maximum atomic E-state index is 5.55. The van der Waals surface area contributed by atoms with Gasteiger partial charge in [-0.2, -0.15) is 0 Å². The number of rotatable bonds is 6. The zero-order chi connectivity index (χ0) is 37.7. The van der Waals surface area contributed by atoms with Gasteiger partial charge in [-0.05, 0) is 59.0 Å². The Balaban J connectivity index is 1.15. The van der Waals surface area contributed by atoms with Gasteiger partial charge in [-0.3, -0.25) is 0 Å². The van der Waals surface area contributed by atoms with Crippen LogP contribution in [0.4, 0.5) is 0 Å². The van der Waals surface area contributed by atoms with E-state index in [-0.39, 0.29) is 0 Å². The van der Waals surface area contributed by atoms with Gasteiger partial charge < -0.3 is 4.57 Å². The summed E-state index contributed by atoms with van der Waals surface area (Å²) >= 11 is 0. The van der Waals surface area contributed by atoms with E-state index < -0.39 is 0 Å². The molecule has 0 radical (unpaired) electrons. The zero-order valence-electron chi connectivity index (χ0n) is 30.9. The average Bonchev–Trinajstić information content (AvgIpc) is 3.64. The number of nitrogens with zero attached hydrogens (tertiary/aromatic N) is 4. The molecule has 0 unspecified atom stereocenters. The molecule has 0 saturated carbocycles. The number of aromatic nitrogens is 4. The zero-order valence-corrected chi connectivity index (χ0v) is 30.9. The summed E-state index contributed by atoms with van der Waals surface area (Å²) in [7, 11) is 0. The molecule has 0 saturated heterocycles. The number of fused-ring (bicyclic) bond motifs is 7. The molecule has 0 aliphatic rings. The number of para-hydroxylation sites is 2. The SMILES string of the molecule is c1ccc(-c2cccc(-c3cc(-c4ccc5c(c4)nc(-c4ccccc4)c4c5ccc5c4c4ccccc4n5-c4ccccc4)nc(-c4ccccc4)n3)c2)cc1. The number of hydrogen-bond donors (Lipinski definition) is 0. The average molecular weight is 727 g/mol. The van der Waals surface area contributed by atoms with Gasteiger partial charge in [0.2, 0.25) is 0 Å². The summed E-state index contributed by atoms with van der Waals surface area (Å²) in [6, 6.07) is 72.5. The topological polar surface area (TPSA) is 43.6 Å². The van der Waals surface area contributed by atoms with E-state index in [0.29, 0.717) is 5.82 Å². The van der Waals surface area contributed by atoms with Crippen LogP contribution in [0.2, 0.25) is 0 Å². The van der Waals surface area contributed by atoms with Gasteiger partial charge in [0.1, 0.15) is 0 Å². The van der Waals surface area contributed by atoms with Crippen LogP contribution in [0.25, 0.3) is 105 Å². The fraction of sp³-hybridized carbons (Fsp3) is 0. The van der Waals surface area contributed by atoms with Gasteiger partial charge in [-0.25, -0.2) is 15.0 Å². The number of hydrogen-bond acceptors (Lipinski definition) is 3. The lowest BCUT2D eigenvalue weighted by atomic mass is 9.95. The first kappa shape index (κ1) is 32.7. The van der Waals surface area contributed by atoms with E-state index in [1.165, 1.54) is 27.2 Å². The van der Waals surface area contributed by atoms with Crippen molar-refractivity contribution >= 4 is 43.5 Å². The third-order valence-corrected chi connectivity index (χ3v) is 11.0. The van der Waals surface area contributed by atoms with Crippen LogP contribution in [0.1, 0.15) is 0 Å². The summed E-state index contributed by atoms with van der Waals surface area (Å²) in [5, 5.41) is 5.82. The summed E-state index contributed by atoms with van der Waals surface area (Å²) in [5.41, 5.74) is 13.4. The van der Waals surface area contributed by atoms with E-state index in [2.05, 4.69) is 187 Å². The molecular weight excluding hydrogens is 693 g/mol. The van der Waals surface area contributed by atoms with Crippen molar-refractivity contribution in [1.82, 2.24) is 19.5 Å². The summed E-state index contributed by atoms with van der Waals surface area (Å²) in [6.45, 7) is 0. The lowest BCUT2D eigenvalue weighted by Gasteiger charge is -2.14. The van der Waals surface area contributed by atoms with Gasteiger partial charge in [-0.1, -0.05) is 164 Å². The monoisotopic (exact) mass is 726 g/mol. The molecule has 0 spiro atoms. The summed E-state index contributed by atoms with van der Waals surface area (Å²) < 4.78 is 2.37. The largest absolute Gasteiger partial charge is 0.309 e. The smallest absolute Gasteiger partial charge is 0.160 e. The lowest BCUT2D eigenvalue weighted by molar-refractivity contribution is 1.18. The van der Waals surface area contributed by atoms with Crippen molar-refractivity contribution in [1.29, 1.82) is 0 Å². The second-order valence-corrected chi connectivity index (χ2v) is 14.4. The van der Waals surface area contributed by atoms with E-state index in [1.807, 2.05) is 24.3 Å². The predicted octanol–water partition coefficient (Wildman–Crippen LogP) is 13.6. The fourth-order valence-electron chi connectivity index (χ4n) is 8.33. The summed E-state index contributed by atoms with van der Waals surface area (Å²) in [6.07, 6.45) is 0. The van der Waals surface area contributed by atoms with Crippen LogP contribution in [0.3, 0.4) is 0 Å². The minimum Gasteiger partial charge on any atom is -0.309 e. The van der Waals surface area contributed by atoms with Crippen molar-refractivity contribution in [2.45, 2.75) is 0 Å². The Morgan fingerprint density at radius 2 is 0.895 bits per heavy atom. The molecule has 0 atom stereocenters. The number of benzene rings is 8. The first-order valence-electron chi connectivity index (χ1n) is 19.3. The molecule has 4 nitrogen and oxygen atoms in total. The highest BCUT2D eigenvalue weighted by molar-refractivity contribution is 6.28. The maximum Gasteiger partial charge on any atom is 0.160 e. The molecule has 57 heavy (non-hydrogen) atoms. The molecule has 0 N–H and O–H groups in total. The third kappa shape index (κ3) is 5.66. The second kappa shape index (κ2) is 13.6. The molecule has 8 aromatic carbocycles. The third-order valence-electron chi connectivity index (χ3n) is 11.0. The lowest BCUT2D eigenvalue weighted by Crippen LogP contribution is -1.97. The van der Waals surface area contributed by atoms with Crippen molar-refractivity contribution in [3.8, 4) is 62.0 Å². The minimum absolute atomic E-state index is 0.682. The molecular formula is C53H34N4. The van der Waals surface area contributed by atoms with E-state index in [0.717, 1.165) is 72.4 Å². The van der Waals surface area contributed by atoms with Gasteiger partial charge in [0.25, 0.3) is 0 Å². The molecule has 0 aliphatic carbocycles. The van der Waals surface area contributed by atoms with E-state index in [9.17, 15) is 0 Å². The van der Waals surface area contributed by atoms with Crippen molar-refractivity contribution in [3.05, 3.63) is 206 Å². The normalized spacial score (nSPS) is 11.5. The van der Waals surface area contributed by atoms with Crippen LogP contribution in [-0.2, 0) is 0 Å². The van der Waals surface area contributed by atoms with Crippen LogP contribution >= 0.6 is 0 Å². The Morgan fingerprint density at radius 1 is 0.316 bits per heavy atom. The Bertz CT molecular complexity index is 3260. The summed E-state index contributed by atoms with van der Waals surface area (Å²) in [5.74, 6) is 0.682. The highest BCUT2D eigenvalue weighted by atomic mass is 15.0. The Kier molecular flexibility index (Phi) is 7.78. The molecule has 11 aromatic rings. The Hall–Kier alpha value is -7.69. The van der Waals surface area contributed by atoms with Crippen molar-refractivity contribution in [2.24, 2.45) is 0 Å². The predicted molar refractivity (Wildman–Crippen MR) is 236 cm³/mol. The molecule has 4 heteroatoms.